The maximum atomic E-state index is 11.7. The van der Waals surface area contributed by atoms with Crippen molar-refractivity contribution in [3.05, 3.63) is 55.4 Å². The number of phenolic OH excluding ortho intramolecular Hbond substituents is 1. The van der Waals surface area contributed by atoms with Crippen molar-refractivity contribution in [1.29, 1.82) is 0 Å². The molecule has 0 aromatic heterocycles. The molecule has 0 heterocycles. The molecule has 0 atom stereocenters. The van der Waals surface area contributed by atoms with Crippen molar-refractivity contribution < 1.29 is 14.6 Å². The van der Waals surface area contributed by atoms with Gasteiger partial charge in [-0.2, -0.15) is 5.10 Å². The van der Waals surface area contributed by atoms with Crippen LogP contribution >= 0.6 is 50.7 Å². The predicted octanol–water partition coefficient (Wildman–Crippen LogP) is 4.64. The van der Waals surface area contributed by atoms with Crippen molar-refractivity contribution in [2.45, 2.75) is 0 Å². The summed E-state index contributed by atoms with van der Waals surface area (Å²) in [5.41, 5.74) is 2.60. The van der Waals surface area contributed by atoms with Crippen molar-refractivity contribution in [3.8, 4) is 11.5 Å². The molecule has 0 unspecified atom stereocenters. The fraction of sp³-hybridized carbons (Fsp3) is 0.0667. The zero-order chi connectivity index (χ0) is 17.7. The molecule has 0 aliphatic rings. The van der Waals surface area contributed by atoms with Gasteiger partial charge >= 0.3 is 0 Å². The molecule has 0 spiro atoms. The third kappa shape index (κ3) is 5.27. The van der Waals surface area contributed by atoms with Crippen molar-refractivity contribution in [2.24, 2.45) is 5.10 Å². The number of carbonyl (C=O) groups excluding carboxylic acids is 1. The Labute approximate surface area is 161 Å². The second-order valence-corrected chi connectivity index (χ2v) is 6.65. The monoisotopic (exact) mass is 450 g/mol. The second kappa shape index (κ2) is 8.58. The predicted molar refractivity (Wildman–Crippen MR) is 98.5 cm³/mol. The minimum Gasteiger partial charge on any atom is -0.506 e. The fourth-order valence-electron chi connectivity index (χ4n) is 1.62. The lowest BCUT2D eigenvalue weighted by atomic mass is 10.2. The van der Waals surface area contributed by atoms with Crippen LogP contribution in [-0.2, 0) is 4.79 Å². The molecule has 2 aromatic carbocycles. The van der Waals surface area contributed by atoms with Crippen LogP contribution in [0.25, 0.3) is 0 Å². The number of amides is 1. The number of halogens is 4. The minimum atomic E-state index is -0.511. The molecule has 0 bridgehead atoms. The molecule has 0 radical (unpaired) electrons. The number of benzene rings is 2. The van der Waals surface area contributed by atoms with Crippen LogP contribution in [0.1, 0.15) is 5.56 Å². The van der Waals surface area contributed by atoms with E-state index in [9.17, 15) is 9.90 Å². The highest BCUT2D eigenvalue weighted by molar-refractivity contribution is 9.10. The summed E-state index contributed by atoms with van der Waals surface area (Å²) in [6.07, 6.45) is 1.26. The van der Waals surface area contributed by atoms with E-state index in [4.69, 9.17) is 39.5 Å². The molecule has 0 aliphatic heterocycles. The Hall–Kier alpha value is -1.47. The van der Waals surface area contributed by atoms with Gasteiger partial charge in [-0.15, -0.1) is 0 Å². The maximum absolute atomic E-state index is 11.7. The Balaban J connectivity index is 1.93. The summed E-state index contributed by atoms with van der Waals surface area (Å²) in [6.45, 7) is -0.303. The minimum absolute atomic E-state index is 0.139. The summed E-state index contributed by atoms with van der Waals surface area (Å²) in [5, 5.41) is 14.5. The Morgan fingerprint density at radius 1 is 1.25 bits per heavy atom. The molecule has 9 heteroatoms. The van der Waals surface area contributed by atoms with Crippen LogP contribution in [0.5, 0.6) is 11.5 Å². The third-order valence-electron chi connectivity index (χ3n) is 2.70. The van der Waals surface area contributed by atoms with E-state index in [0.29, 0.717) is 25.8 Å². The number of hydrogen-bond acceptors (Lipinski definition) is 4. The van der Waals surface area contributed by atoms with E-state index in [1.165, 1.54) is 18.3 Å². The Morgan fingerprint density at radius 2 is 2.00 bits per heavy atom. The smallest absolute Gasteiger partial charge is 0.277 e. The lowest BCUT2D eigenvalue weighted by Crippen LogP contribution is -2.24. The first-order chi connectivity index (χ1) is 11.4. The van der Waals surface area contributed by atoms with Gasteiger partial charge in [0.2, 0.25) is 0 Å². The van der Waals surface area contributed by atoms with E-state index >= 15 is 0 Å². The highest BCUT2D eigenvalue weighted by Crippen LogP contribution is 2.30. The molecular weight excluding hydrogens is 442 g/mol. The van der Waals surface area contributed by atoms with E-state index < -0.39 is 5.91 Å². The molecule has 0 saturated heterocycles. The number of hydrazone groups is 1. The van der Waals surface area contributed by atoms with E-state index in [1.54, 1.807) is 18.2 Å². The van der Waals surface area contributed by atoms with Gasteiger partial charge in [0, 0.05) is 21.1 Å². The average molecular weight is 453 g/mol. The van der Waals surface area contributed by atoms with Crippen molar-refractivity contribution in [1.82, 2.24) is 5.43 Å². The van der Waals surface area contributed by atoms with Gasteiger partial charge in [-0.05, 0) is 24.3 Å². The summed E-state index contributed by atoms with van der Waals surface area (Å²) >= 11 is 20.8. The van der Waals surface area contributed by atoms with Crippen LogP contribution < -0.4 is 10.2 Å². The molecule has 0 aliphatic carbocycles. The number of ether oxygens (including phenoxy) is 1. The van der Waals surface area contributed by atoms with Crippen LogP contribution in [0.2, 0.25) is 15.1 Å². The van der Waals surface area contributed by atoms with E-state index in [1.807, 2.05) is 0 Å². The molecular formula is C15H10BrCl3N2O3. The zero-order valence-electron chi connectivity index (χ0n) is 11.9. The van der Waals surface area contributed by atoms with Crippen LogP contribution in [0.15, 0.2) is 39.9 Å². The number of nitrogens with one attached hydrogen (secondary N) is 1. The summed E-state index contributed by atoms with van der Waals surface area (Å²) in [5.74, 6) is -0.359. The lowest BCUT2D eigenvalue weighted by Gasteiger charge is -2.07. The first-order valence-corrected chi connectivity index (χ1v) is 8.37. The molecule has 126 valence electrons. The van der Waals surface area contributed by atoms with Gasteiger partial charge in [0.15, 0.2) is 6.61 Å². The van der Waals surface area contributed by atoms with Crippen LogP contribution in [0.3, 0.4) is 0 Å². The Kier molecular flexibility index (Phi) is 6.74. The van der Waals surface area contributed by atoms with Crippen molar-refractivity contribution in [2.75, 3.05) is 6.61 Å². The van der Waals surface area contributed by atoms with Gasteiger partial charge < -0.3 is 9.84 Å². The number of aromatic hydroxyl groups is 1. The van der Waals surface area contributed by atoms with Crippen LogP contribution in [0, 0.1) is 0 Å². The number of hydrogen-bond donors (Lipinski definition) is 2. The number of rotatable bonds is 5. The van der Waals surface area contributed by atoms with Gasteiger partial charge in [-0.25, -0.2) is 5.43 Å². The lowest BCUT2D eigenvalue weighted by molar-refractivity contribution is -0.123. The quantitative estimate of drug-likeness (QED) is 0.513. The first-order valence-electron chi connectivity index (χ1n) is 6.44. The summed E-state index contributed by atoms with van der Waals surface area (Å²) in [6, 6.07) is 7.81. The Morgan fingerprint density at radius 3 is 2.75 bits per heavy atom. The molecule has 24 heavy (non-hydrogen) atoms. The molecule has 2 N–H and O–H groups in total. The SMILES string of the molecule is O=C(COc1cc(Cl)ccc1Cl)N/N=C/c1cc(Br)cc(Cl)c1O. The maximum Gasteiger partial charge on any atom is 0.277 e. The van der Waals surface area contributed by atoms with Gasteiger partial charge in [0.25, 0.3) is 5.91 Å². The normalized spacial score (nSPS) is 10.8. The van der Waals surface area contributed by atoms with Crippen molar-refractivity contribution in [3.63, 3.8) is 0 Å². The van der Waals surface area contributed by atoms with Gasteiger partial charge in [0.1, 0.15) is 11.5 Å². The van der Waals surface area contributed by atoms with Gasteiger partial charge in [-0.1, -0.05) is 50.7 Å². The largest absolute Gasteiger partial charge is 0.506 e. The third-order valence-corrected chi connectivity index (χ3v) is 4.00. The van der Waals surface area contributed by atoms with Crippen LogP contribution in [-0.4, -0.2) is 23.8 Å². The molecule has 2 aromatic rings. The summed E-state index contributed by atoms with van der Waals surface area (Å²) in [7, 11) is 0. The van der Waals surface area contributed by atoms with E-state index in [0.717, 1.165) is 0 Å². The standard InChI is InChI=1S/C15H10BrCl3N2O3/c16-9-3-8(15(23)12(19)4-9)6-20-21-14(22)7-24-13-5-10(17)1-2-11(13)18/h1-6,23H,7H2,(H,21,22)/b20-6+. The molecule has 0 saturated carbocycles. The first kappa shape index (κ1) is 18.9. The topological polar surface area (TPSA) is 70.9 Å². The fourth-order valence-corrected chi connectivity index (χ4v) is 2.79. The molecule has 5 nitrogen and oxygen atoms in total. The van der Waals surface area contributed by atoms with E-state index in [-0.39, 0.29) is 17.4 Å². The van der Waals surface area contributed by atoms with E-state index in [2.05, 4.69) is 26.5 Å². The van der Waals surface area contributed by atoms with Gasteiger partial charge in [-0.3, -0.25) is 4.79 Å². The summed E-state index contributed by atoms with van der Waals surface area (Å²) in [4.78, 5) is 11.7. The zero-order valence-corrected chi connectivity index (χ0v) is 15.7. The molecule has 1 amide bonds. The van der Waals surface area contributed by atoms with Crippen molar-refractivity contribution >= 4 is 62.9 Å². The molecule has 2 rings (SSSR count). The second-order valence-electron chi connectivity index (χ2n) is 4.48. The average Bonchev–Trinajstić information content (AvgIpc) is 2.52. The van der Waals surface area contributed by atoms with Gasteiger partial charge in [0.05, 0.1) is 16.3 Å². The highest BCUT2D eigenvalue weighted by Gasteiger charge is 2.07. The number of nitrogens with zero attached hydrogens (tertiary/aromatic N) is 1. The number of carbonyl (C=O) groups is 1. The highest BCUT2D eigenvalue weighted by atomic mass is 79.9. The summed E-state index contributed by atoms with van der Waals surface area (Å²) < 4.78 is 5.93. The number of phenols is 1. The van der Waals surface area contributed by atoms with Crippen LogP contribution in [0.4, 0.5) is 0 Å². The Bertz CT molecular complexity index is 800. The molecule has 0 fully saturated rings.